The van der Waals surface area contributed by atoms with E-state index in [2.05, 4.69) is 16.0 Å². The number of aliphatic imine (C=N–C) groups is 1. The maximum Gasteiger partial charge on any atom is 0.354 e. The van der Waals surface area contributed by atoms with Crippen molar-refractivity contribution >= 4 is 57.1 Å². The number of rotatable bonds is 5. The summed E-state index contributed by atoms with van der Waals surface area (Å²) in [5, 5.41) is 22.3. The van der Waals surface area contributed by atoms with Crippen molar-refractivity contribution < 1.29 is 9.50 Å². The van der Waals surface area contributed by atoms with Gasteiger partial charge in [0.2, 0.25) is 6.35 Å². The molecule has 2 aliphatic heterocycles. The summed E-state index contributed by atoms with van der Waals surface area (Å²) in [5.74, 6) is 1.03. The Morgan fingerprint density at radius 1 is 1.02 bits per heavy atom. The summed E-state index contributed by atoms with van der Waals surface area (Å²) in [6.45, 7) is 1.13. The fraction of sp³-hybridized carbons (Fsp3) is 0.200. The second-order valence-electron chi connectivity index (χ2n) is 11.6. The minimum absolute atomic E-state index is 0.197. The second-order valence-corrected chi connectivity index (χ2v) is 12.4. The van der Waals surface area contributed by atoms with Crippen LogP contribution in [0, 0.1) is 11.3 Å². The average molecular weight is 669 g/mol. The van der Waals surface area contributed by atoms with Crippen LogP contribution in [0.5, 0.6) is 0 Å². The molecule has 9 nitrogen and oxygen atoms in total. The number of aliphatic hydroxyl groups excluding tert-OH is 1. The molecular formula is C35H28Cl2FN7O2. The molecule has 1 saturated heterocycles. The first-order valence-electron chi connectivity index (χ1n) is 15.0. The summed E-state index contributed by atoms with van der Waals surface area (Å²) in [4.78, 5) is 27.8. The van der Waals surface area contributed by atoms with Gasteiger partial charge in [0.1, 0.15) is 17.8 Å². The van der Waals surface area contributed by atoms with Crippen LogP contribution in [0.4, 0.5) is 21.6 Å². The monoisotopic (exact) mass is 667 g/mol. The van der Waals surface area contributed by atoms with Crippen molar-refractivity contribution in [3.05, 3.63) is 122 Å². The predicted octanol–water partition coefficient (Wildman–Crippen LogP) is 6.42. The van der Waals surface area contributed by atoms with Gasteiger partial charge in [-0.1, -0.05) is 41.4 Å². The standard InChI is InChI=1S/C35H28Cl2FN7O2/c1-42(32-28-11-7-23(36)16-30(28)45(34(46)40-32)27-4-2-3-22(15-27)18-39)19-21-5-9-26(10-6-21)44-31-17-24(37)8-12-29(31)33(41-35(44)47)43-14-13-25(38)20-43/h2-12,15-17,25,34,46H,13-14,19-20H2,1H3/t25-,34?/m1/s1. The summed E-state index contributed by atoms with van der Waals surface area (Å²) in [5.41, 5.74) is 4.14. The number of hydrogen-bond acceptors (Lipinski definition) is 8. The average Bonchev–Trinajstić information content (AvgIpc) is 3.50. The number of aromatic nitrogens is 2. The van der Waals surface area contributed by atoms with E-state index in [1.165, 1.54) is 4.57 Å². The number of nitrogens with zero attached hydrogens (tertiary/aromatic N) is 7. The molecule has 2 aliphatic rings. The fourth-order valence-electron chi connectivity index (χ4n) is 6.24. The topological polar surface area (TPSA) is 101 Å². The van der Waals surface area contributed by atoms with E-state index in [-0.39, 0.29) is 6.54 Å². The largest absolute Gasteiger partial charge is 0.355 e. The van der Waals surface area contributed by atoms with Gasteiger partial charge < -0.3 is 14.9 Å². The van der Waals surface area contributed by atoms with Crippen molar-refractivity contribution in [2.24, 2.45) is 4.99 Å². The Morgan fingerprint density at radius 3 is 2.53 bits per heavy atom. The van der Waals surface area contributed by atoms with Crippen LogP contribution in [-0.2, 0) is 6.54 Å². The lowest BCUT2D eigenvalue weighted by Gasteiger charge is -2.36. The van der Waals surface area contributed by atoms with Gasteiger partial charge in [0.25, 0.3) is 0 Å². The smallest absolute Gasteiger partial charge is 0.354 e. The number of benzene rings is 4. The number of anilines is 3. The third-order valence-corrected chi connectivity index (χ3v) is 8.89. The Morgan fingerprint density at radius 2 is 1.79 bits per heavy atom. The Bertz CT molecular complexity index is 2150. The molecule has 0 amide bonds. The lowest BCUT2D eigenvalue weighted by molar-refractivity contribution is 0.187. The van der Waals surface area contributed by atoms with Gasteiger partial charge >= 0.3 is 5.69 Å². The number of halogens is 3. The van der Waals surface area contributed by atoms with E-state index >= 15 is 0 Å². The van der Waals surface area contributed by atoms with E-state index in [1.807, 2.05) is 53.2 Å². The van der Waals surface area contributed by atoms with Crippen molar-refractivity contribution in [1.29, 1.82) is 5.26 Å². The summed E-state index contributed by atoms with van der Waals surface area (Å²) in [6, 6.07) is 27.3. The van der Waals surface area contributed by atoms with E-state index in [0.29, 0.717) is 74.7 Å². The zero-order chi connectivity index (χ0) is 32.8. The maximum absolute atomic E-state index is 14.0. The van der Waals surface area contributed by atoms with Gasteiger partial charge in [-0.15, -0.1) is 0 Å². The minimum Gasteiger partial charge on any atom is -0.355 e. The van der Waals surface area contributed by atoms with Crippen molar-refractivity contribution in [2.45, 2.75) is 25.5 Å². The molecule has 4 aromatic carbocycles. The van der Waals surface area contributed by atoms with Gasteiger partial charge in [-0.2, -0.15) is 10.2 Å². The SMILES string of the molecule is CN(Cc1ccc(-n2c(=O)nc(N3CC[C@@H](F)C3)c3ccc(Cl)cc32)cc1)C1=NC(O)N(c2cccc(C#N)c2)c2cc(Cl)ccc21. The van der Waals surface area contributed by atoms with Crippen LogP contribution in [0.25, 0.3) is 16.6 Å². The molecule has 3 heterocycles. The third-order valence-electron chi connectivity index (χ3n) is 8.42. The van der Waals surface area contributed by atoms with E-state index in [0.717, 1.165) is 11.1 Å². The number of alkyl halides is 1. The fourth-order valence-corrected chi connectivity index (χ4v) is 6.57. The predicted molar refractivity (Wildman–Crippen MR) is 183 cm³/mol. The zero-order valence-corrected chi connectivity index (χ0v) is 26.7. The van der Waals surface area contributed by atoms with Gasteiger partial charge in [-0.25, -0.2) is 14.2 Å². The van der Waals surface area contributed by atoms with Gasteiger partial charge in [0, 0.05) is 46.8 Å². The highest BCUT2D eigenvalue weighted by Gasteiger charge is 2.30. The lowest BCUT2D eigenvalue weighted by atomic mass is 10.1. The molecular weight excluding hydrogens is 640 g/mol. The summed E-state index contributed by atoms with van der Waals surface area (Å²) in [7, 11) is 1.88. The molecule has 236 valence electrons. The first kappa shape index (κ1) is 30.7. The van der Waals surface area contributed by atoms with E-state index in [1.54, 1.807) is 53.4 Å². The number of fused-ring (bicyclic) bond motifs is 2. The van der Waals surface area contributed by atoms with Crippen LogP contribution in [-0.4, -0.2) is 58.1 Å². The molecule has 47 heavy (non-hydrogen) atoms. The first-order chi connectivity index (χ1) is 22.7. The number of hydrogen-bond donors (Lipinski definition) is 1. The molecule has 1 unspecified atom stereocenters. The van der Waals surface area contributed by atoms with Crippen molar-refractivity contribution in [3.63, 3.8) is 0 Å². The maximum atomic E-state index is 14.0. The molecule has 0 spiro atoms. The van der Waals surface area contributed by atoms with Crippen molar-refractivity contribution in [2.75, 3.05) is 29.9 Å². The summed E-state index contributed by atoms with van der Waals surface area (Å²) >= 11 is 12.8. The highest BCUT2D eigenvalue weighted by molar-refractivity contribution is 6.31. The first-order valence-corrected chi connectivity index (χ1v) is 15.7. The molecule has 5 aromatic rings. The molecule has 0 aliphatic carbocycles. The van der Waals surface area contributed by atoms with E-state index < -0.39 is 18.2 Å². The number of aliphatic hydroxyl groups is 1. The second kappa shape index (κ2) is 12.3. The summed E-state index contributed by atoms with van der Waals surface area (Å²) < 4.78 is 15.5. The van der Waals surface area contributed by atoms with Crippen LogP contribution in [0.2, 0.25) is 10.0 Å². The molecule has 0 saturated carbocycles. The van der Waals surface area contributed by atoms with Gasteiger partial charge in [-0.05, 0) is 78.7 Å². The highest BCUT2D eigenvalue weighted by atomic mass is 35.5. The normalized spacial score (nSPS) is 17.4. The van der Waals surface area contributed by atoms with Crippen LogP contribution < -0.4 is 15.5 Å². The van der Waals surface area contributed by atoms with E-state index in [9.17, 15) is 19.6 Å². The third kappa shape index (κ3) is 5.78. The van der Waals surface area contributed by atoms with Crippen LogP contribution in [0.1, 0.15) is 23.1 Å². The molecule has 12 heteroatoms. The molecule has 1 aromatic heterocycles. The lowest BCUT2D eigenvalue weighted by Crippen LogP contribution is -2.40. The summed E-state index contributed by atoms with van der Waals surface area (Å²) in [6.07, 6.45) is -1.81. The van der Waals surface area contributed by atoms with Gasteiger partial charge in [0.05, 0.1) is 35.1 Å². The highest BCUT2D eigenvalue weighted by Crippen LogP contribution is 2.37. The van der Waals surface area contributed by atoms with Crippen molar-refractivity contribution in [1.82, 2.24) is 14.5 Å². The van der Waals surface area contributed by atoms with Gasteiger partial charge in [-0.3, -0.25) is 9.47 Å². The molecule has 0 radical (unpaired) electrons. The number of amidine groups is 1. The number of nitriles is 1. The Hall–Kier alpha value is -4.95. The molecule has 0 bridgehead atoms. The Kier molecular flexibility index (Phi) is 8.06. The molecule has 2 atom stereocenters. The quantitative estimate of drug-likeness (QED) is 0.231. The molecule has 1 N–H and O–H groups in total. The zero-order valence-electron chi connectivity index (χ0n) is 25.2. The molecule has 1 fully saturated rings. The molecule has 7 rings (SSSR count). The van der Waals surface area contributed by atoms with Crippen LogP contribution >= 0.6 is 23.2 Å². The van der Waals surface area contributed by atoms with Crippen LogP contribution in [0.3, 0.4) is 0 Å². The minimum atomic E-state index is -1.26. The van der Waals surface area contributed by atoms with Crippen LogP contribution in [0.15, 0.2) is 94.7 Å². The van der Waals surface area contributed by atoms with Gasteiger partial charge in [0.15, 0.2) is 0 Å². The Labute approximate surface area is 280 Å². The Balaban J connectivity index is 1.19. The van der Waals surface area contributed by atoms with Crippen molar-refractivity contribution in [3.8, 4) is 11.8 Å². The van der Waals surface area contributed by atoms with E-state index in [4.69, 9.17) is 23.2 Å².